The van der Waals surface area contributed by atoms with E-state index in [1.54, 1.807) is 0 Å². The van der Waals surface area contributed by atoms with Crippen molar-refractivity contribution in [1.82, 2.24) is 0 Å². The van der Waals surface area contributed by atoms with E-state index < -0.39 is 14.2 Å². The number of rotatable bonds is 2. The van der Waals surface area contributed by atoms with Crippen LogP contribution in [0.4, 0.5) is 0 Å². The van der Waals surface area contributed by atoms with E-state index in [2.05, 4.69) is 0 Å². The number of benzene rings is 1. The first-order chi connectivity index (χ1) is 5.54. The number of ether oxygens (including phenoxy) is 1. The third-order valence-electron chi connectivity index (χ3n) is 1.41. The Bertz CT molecular complexity index is 300. The second kappa shape index (κ2) is 3.35. The Morgan fingerprint density at radius 1 is 1.25 bits per heavy atom. The van der Waals surface area contributed by atoms with Crippen molar-refractivity contribution in [2.75, 3.05) is 7.11 Å². The van der Waals surface area contributed by atoms with Gasteiger partial charge in [0.05, 0.1) is 0 Å². The third-order valence-corrected chi connectivity index (χ3v) is 3.45. The molecule has 0 aromatic heterocycles. The summed E-state index contributed by atoms with van der Waals surface area (Å²) in [7, 11) is 1.50. The van der Waals surface area contributed by atoms with Crippen LogP contribution in [0.3, 0.4) is 0 Å². The molecule has 0 amide bonds. The molecule has 0 heterocycles. The molecule has 12 heavy (non-hydrogen) atoms. The quantitative estimate of drug-likeness (QED) is 0.659. The van der Waals surface area contributed by atoms with Crippen LogP contribution in [0.1, 0.15) is 0 Å². The van der Waals surface area contributed by atoms with E-state index in [-0.39, 0.29) is 4.35 Å². The van der Waals surface area contributed by atoms with E-state index in [0.29, 0.717) is 5.75 Å². The monoisotopic (exact) mass is 232 g/mol. The van der Waals surface area contributed by atoms with Gasteiger partial charge < -0.3 is 0 Å². The van der Waals surface area contributed by atoms with Gasteiger partial charge in [-0.1, -0.05) is 0 Å². The molecule has 0 atom stereocenters. The first-order valence-corrected chi connectivity index (χ1v) is 6.62. The van der Waals surface area contributed by atoms with Crippen molar-refractivity contribution in [1.29, 1.82) is 0 Å². The summed E-state index contributed by atoms with van der Waals surface area (Å²) in [5.41, 5.74) is 0. The molecule has 2 N–H and O–H groups in total. The average molecular weight is 232 g/mol. The summed E-state index contributed by atoms with van der Waals surface area (Å²) >= 11 is -4.70. The zero-order valence-corrected chi connectivity index (χ0v) is 8.34. The van der Waals surface area contributed by atoms with Gasteiger partial charge in [-0.15, -0.1) is 0 Å². The van der Waals surface area contributed by atoms with E-state index >= 15 is 0 Å². The Morgan fingerprint density at radius 3 is 2.08 bits per heavy atom. The minimum atomic E-state index is -4.70. The number of hydrogen-bond acceptors (Lipinski definition) is 2. The summed E-state index contributed by atoms with van der Waals surface area (Å²) in [6.45, 7) is 0. The van der Waals surface area contributed by atoms with Gasteiger partial charge in [-0.2, -0.15) is 0 Å². The summed E-state index contributed by atoms with van der Waals surface area (Å²) < 4.78 is 33.2. The molecular weight excluding hydrogens is 223 g/mol. The van der Waals surface area contributed by atoms with Crippen LogP contribution < -0.4 is 9.09 Å². The van der Waals surface area contributed by atoms with Gasteiger partial charge in [-0.05, 0) is 0 Å². The Morgan fingerprint density at radius 2 is 1.75 bits per heavy atom. The summed E-state index contributed by atoms with van der Waals surface area (Å²) in [4.78, 5) is 0. The van der Waals surface area contributed by atoms with Crippen molar-refractivity contribution < 1.29 is 16.7 Å². The van der Waals surface area contributed by atoms with Crippen LogP contribution in [0, 0.1) is 0 Å². The molecule has 0 saturated heterocycles. The average Bonchev–Trinajstić information content (AvgIpc) is 2.03. The molecule has 0 radical (unpaired) electrons. The maximum atomic E-state index is 10.7. The SMILES string of the molecule is COc1ccc([As](=O)(O)O)cc1. The second-order valence-corrected chi connectivity index (χ2v) is 5.61. The van der Waals surface area contributed by atoms with Crippen molar-refractivity contribution in [3.05, 3.63) is 24.3 Å². The van der Waals surface area contributed by atoms with Gasteiger partial charge in [0.25, 0.3) is 0 Å². The van der Waals surface area contributed by atoms with Gasteiger partial charge in [0.2, 0.25) is 0 Å². The van der Waals surface area contributed by atoms with Gasteiger partial charge >= 0.3 is 72.3 Å². The van der Waals surface area contributed by atoms with E-state index in [1.165, 1.54) is 31.4 Å². The molecule has 1 aromatic rings. The molecular formula is C7H9AsO4. The zero-order valence-electron chi connectivity index (χ0n) is 6.47. The molecule has 0 unspecified atom stereocenters. The van der Waals surface area contributed by atoms with Crippen molar-refractivity contribution in [2.45, 2.75) is 0 Å². The molecule has 0 aliphatic carbocycles. The fourth-order valence-corrected chi connectivity index (χ4v) is 1.90. The van der Waals surface area contributed by atoms with Gasteiger partial charge in [-0.3, -0.25) is 0 Å². The Labute approximate surface area is 72.8 Å². The van der Waals surface area contributed by atoms with E-state index in [4.69, 9.17) is 12.9 Å². The predicted molar refractivity (Wildman–Crippen MR) is 43.5 cm³/mol. The fourth-order valence-electron chi connectivity index (χ4n) is 0.776. The second-order valence-electron chi connectivity index (χ2n) is 2.24. The molecule has 0 bridgehead atoms. The van der Waals surface area contributed by atoms with Gasteiger partial charge in [0.1, 0.15) is 0 Å². The van der Waals surface area contributed by atoms with Crippen LogP contribution in [0.25, 0.3) is 0 Å². The molecule has 5 heteroatoms. The molecule has 1 rings (SSSR count). The van der Waals surface area contributed by atoms with Crippen molar-refractivity contribution >= 4 is 18.5 Å². The van der Waals surface area contributed by atoms with Gasteiger partial charge in [-0.25, -0.2) is 0 Å². The van der Waals surface area contributed by atoms with Crippen LogP contribution >= 0.6 is 0 Å². The standard InChI is InChI=1S/C7H9AsO4/c1-12-7-4-2-6(3-5-7)8(9,10)11/h2-5H,1H3,(H2,9,10,11). The third kappa shape index (κ3) is 2.14. The molecule has 4 nitrogen and oxygen atoms in total. The number of hydrogen-bond donors (Lipinski definition) is 2. The van der Waals surface area contributed by atoms with Crippen LogP contribution in [0.2, 0.25) is 0 Å². The molecule has 0 spiro atoms. The molecule has 0 fully saturated rings. The Balaban J connectivity index is 3.01. The Kier molecular flexibility index (Phi) is 2.62. The van der Waals surface area contributed by atoms with Crippen LogP contribution in [0.15, 0.2) is 24.3 Å². The normalized spacial score (nSPS) is 11.2. The summed E-state index contributed by atoms with van der Waals surface area (Å²) in [6.07, 6.45) is 0. The van der Waals surface area contributed by atoms with Crippen molar-refractivity contribution in [3.8, 4) is 5.75 Å². The number of methoxy groups -OCH3 is 1. The summed E-state index contributed by atoms with van der Waals surface area (Å²) in [5.74, 6) is 0.586. The van der Waals surface area contributed by atoms with Crippen LogP contribution in [0.5, 0.6) is 5.75 Å². The topological polar surface area (TPSA) is 66.8 Å². The molecule has 0 saturated carbocycles. The Hall–Kier alpha value is -0.702. The van der Waals surface area contributed by atoms with Crippen LogP contribution in [-0.2, 0) is 3.74 Å². The van der Waals surface area contributed by atoms with Gasteiger partial charge in [0.15, 0.2) is 0 Å². The molecule has 0 aliphatic heterocycles. The zero-order chi connectivity index (χ0) is 9.19. The van der Waals surface area contributed by atoms with E-state index in [9.17, 15) is 3.74 Å². The van der Waals surface area contributed by atoms with Gasteiger partial charge in [0, 0.05) is 0 Å². The van der Waals surface area contributed by atoms with E-state index in [0.717, 1.165) is 0 Å². The first kappa shape index (κ1) is 9.39. The van der Waals surface area contributed by atoms with Crippen molar-refractivity contribution in [2.24, 2.45) is 0 Å². The minimum absolute atomic E-state index is 0.0638. The maximum absolute atomic E-state index is 10.7. The summed E-state index contributed by atoms with van der Waals surface area (Å²) in [5, 5.41) is 0. The first-order valence-electron chi connectivity index (χ1n) is 3.24. The molecule has 66 valence electrons. The molecule has 1 aromatic carbocycles. The predicted octanol–water partition coefficient (Wildman–Crippen LogP) is -0.744. The fraction of sp³-hybridized carbons (Fsp3) is 0.143. The summed E-state index contributed by atoms with van der Waals surface area (Å²) in [6, 6.07) is 5.79. The van der Waals surface area contributed by atoms with Crippen molar-refractivity contribution in [3.63, 3.8) is 0 Å². The molecule has 0 aliphatic rings. The van der Waals surface area contributed by atoms with E-state index in [1.807, 2.05) is 0 Å². The van der Waals surface area contributed by atoms with Crippen LogP contribution in [-0.4, -0.2) is 29.5 Å².